The van der Waals surface area contributed by atoms with Gasteiger partial charge in [0.25, 0.3) is 0 Å². The lowest BCUT2D eigenvalue weighted by Crippen LogP contribution is -1.98. The van der Waals surface area contributed by atoms with Crippen molar-refractivity contribution >= 4 is 26.8 Å². The number of hydrogen-bond donors (Lipinski definition) is 0. The SMILES string of the molecule is COc1cccc(Cn2cc(Br)c3ccncc32)c1. The highest BCUT2D eigenvalue weighted by molar-refractivity contribution is 9.10. The first-order valence-corrected chi connectivity index (χ1v) is 6.78. The lowest BCUT2D eigenvalue weighted by molar-refractivity contribution is 0.414. The number of nitrogens with zero attached hydrogens (tertiary/aromatic N) is 2. The fourth-order valence-corrected chi connectivity index (χ4v) is 2.77. The second kappa shape index (κ2) is 5.05. The fraction of sp³-hybridized carbons (Fsp3) is 0.133. The molecule has 96 valence electrons. The number of methoxy groups -OCH3 is 1. The molecule has 0 unspecified atom stereocenters. The Morgan fingerprint density at radius 3 is 3.05 bits per heavy atom. The number of benzene rings is 1. The second-order valence-electron chi connectivity index (χ2n) is 4.35. The maximum Gasteiger partial charge on any atom is 0.119 e. The van der Waals surface area contributed by atoms with Gasteiger partial charge >= 0.3 is 0 Å². The van der Waals surface area contributed by atoms with Gasteiger partial charge in [0.15, 0.2) is 0 Å². The number of aromatic nitrogens is 2. The number of hydrogen-bond acceptors (Lipinski definition) is 2. The van der Waals surface area contributed by atoms with Crippen LogP contribution in [-0.4, -0.2) is 16.7 Å². The largest absolute Gasteiger partial charge is 0.497 e. The summed E-state index contributed by atoms with van der Waals surface area (Å²) < 4.78 is 8.53. The summed E-state index contributed by atoms with van der Waals surface area (Å²) >= 11 is 3.59. The predicted molar refractivity (Wildman–Crippen MR) is 79.5 cm³/mol. The van der Waals surface area contributed by atoms with Gasteiger partial charge in [0.05, 0.1) is 18.8 Å². The minimum atomic E-state index is 0.797. The standard InChI is InChI=1S/C15H13BrN2O/c1-19-12-4-2-3-11(7-12)9-18-10-14(16)13-5-6-17-8-15(13)18/h2-8,10H,9H2,1H3. The molecule has 0 radical (unpaired) electrons. The smallest absolute Gasteiger partial charge is 0.119 e. The summed E-state index contributed by atoms with van der Waals surface area (Å²) in [4.78, 5) is 4.20. The van der Waals surface area contributed by atoms with E-state index in [-0.39, 0.29) is 0 Å². The first kappa shape index (κ1) is 12.2. The van der Waals surface area contributed by atoms with Crippen LogP contribution < -0.4 is 4.74 Å². The molecule has 0 aliphatic rings. The van der Waals surface area contributed by atoms with Gasteiger partial charge in [0.2, 0.25) is 0 Å². The van der Waals surface area contributed by atoms with Crippen LogP contribution in [0.3, 0.4) is 0 Å². The molecular weight excluding hydrogens is 304 g/mol. The van der Waals surface area contributed by atoms with Gasteiger partial charge in [0.1, 0.15) is 5.75 Å². The second-order valence-corrected chi connectivity index (χ2v) is 5.20. The van der Waals surface area contributed by atoms with Gasteiger partial charge in [-0.15, -0.1) is 0 Å². The van der Waals surface area contributed by atoms with Crippen LogP contribution in [0.25, 0.3) is 10.9 Å². The molecule has 1 aromatic carbocycles. The molecule has 0 bridgehead atoms. The number of fused-ring (bicyclic) bond motifs is 1. The fourth-order valence-electron chi connectivity index (χ4n) is 2.19. The van der Waals surface area contributed by atoms with E-state index in [0.29, 0.717) is 0 Å². The molecule has 3 nitrogen and oxygen atoms in total. The molecule has 0 saturated heterocycles. The third kappa shape index (κ3) is 2.36. The Bertz CT molecular complexity index is 721. The summed E-state index contributed by atoms with van der Waals surface area (Å²) in [6.07, 6.45) is 5.79. The molecule has 3 aromatic rings. The highest BCUT2D eigenvalue weighted by Crippen LogP contribution is 2.26. The molecule has 0 spiro atoms. The Labute approximate surface area is 120 Å². The van der Waals surface area contributed by atoms with Crippen LogP contribution in [0.2, 0.25) is 0 Å². The van der Waals surface area contributed by atoms with E-state index in [2.05, 4.69) is 43.8 Å². The topological polar surface area (TPSA) is 27.1 Å². The zero-order valence-electron chi connectivity index (χ0n) is 10.5. The number of rotatable bonds is 3. The molecule has 19 heavy (non-hydrogen) atoms. The molecular formula is C15H13BrN2O. The van der Waals surface area contributed by atoms with Crippen LogP contribution in [0.15, 0.2) is 53.4 Å². The molecule has 4 heteroatoms. The van der Waals surface area contributed by atoms with E-state index in [1.54, 1.807) is 7.11 Å². The van der Waals surface area contributed by atoms with E-state index in [4.69, 9.17) is 4.74 Å². The summed E-state index contributed by atoms with van der Waals surface area (Å²) in [5.74, 6) is 0.881. The van der Waals surface area contributed by atoms with Crippen molar-refractivity contribution in [1.82, 2.24) is 9.55 Å². The molecule has 0 fully saturated rings. The first-order chi connectivity index (χ1) is 9.28. The molecule has 0 atom stereocenters. The number of ether oxygens (including phenoxy) is 1. The Morgan fingerprint density at radius 2 is 2.21 bits per heavy atom. The van der Waals surface area contributed by atoms with Crippen LogP contribution in [0.4, 0.5) is 0 Å². The summed E-state index contributed by atoms with van der Waals surface area (Å²) in [5.41, 5.74) is 2.32. The van der Waals surface area contributed by atoms with Crippen molar-refractivity contribution in [3.05, 3.63) is 59.0 Å². The van der Waals surface area contributed by atoms with E-state index < -0.39 is 0 Å². The predicted octanol–water partition coefficient (Wildman–Crippen LogP) is 3.86. The van der Waals surface area contributed by atoms with Crippen LogP contribution in [-0.2, 0) is 6.54 Å². The molecule has 3 rings (SSSR count). The summed E-state index contributed by atoms with van der Waals surface area (Å²) in [6, 6.07) is 10.1. The van der Waals surface area contributed by atoms with Crippen LogP contribution in [0.5, 0.6) is 5.75 Å². The molecule has 2 heterocycles. The highest BCUT2D eigenvalue weighted by atomic mass is 79.9. The summed E-state index contributed by atoms with van der Waals surface area (Å²) in [5, 5.41) is 1.18. The van der Waals surface area contributed by atoms with Crippen molar-refractivity contribution in [2.24, 2.45) is 0 Å². The van der Waals surface area contributed by atoms with Crippen molar-refractivity contribution in [1.29, 1.82) is 0 Å². The van der Waals surface area contributed by atoms with Gasteiger partial charge in [-0.2, -0.15) is 0 Å². The highest BCUT2D eigenvalue weighted by Gasteiger charge is 2.07. The monoisotopic (exact) mass is 316 g/mol. The average Bonchev–Trinajstić information content (AvgIpc) is 2.76. The van der Waals surface area contributed by atoms with Crippen LogP contribution in [0.1, 0.15) is 5.56 Å². The molecule has 0 N–H and O–H groups in total. The van der Waals surface area contributed by atoms with Crippen LogP contribution >= 0.6 is 15.9 Å². The van der Waals surface area contributed by atoms with E-state index in [0.717, 1.165) is 22.3 Å². The summed E-state index contributed by atoms with van der Waals surface area (Å²) in [7, 11) is 1.69. The third-order valence-corrected chi connectivity index (χ3v) is 3.75. The first-order valence-electron chi connectivity index (χ1n) is 5.99. The zero-order valence-corrected chi connectivity index (χ0v) is 12.1. The van der Waals surface area contributed by atoms with E-state index in [1.807, 2.05) is 30.6 Å². The van der Waals surface area contributed by atoms with Gasteiger partial charge < -0.3 is 9.30 Å². The lowest BCUT2D eigenvalue weighted by atomic mass is 10.2. The molecule has 0 aliphatic heterocycles. The third-order valence-electron chi connectivity index (χ3n) is 3.12. The maximum absolute atomic E-state index is 5.25. The maximum atomic E-state index is 5.25. The van der Waals surface area contributed by atoms with Crippen molar-refractivity contribution < 1.29 is 4.74 Å². The van der Waals surface area contributed by atoms with Gasteiger partial charge in [-0.1, -0.05) is 12.1 Å². The minimum absolute atomic E-state index is 0.797. The van der Waals surface area contributed by atoms with Crippen LogP contribution in [0, 0.1) is 0 Å². The van der Waals surface area contributed by atoms with E-state index in [9.17, 15) is 0 Å². The van der Waals surface area contributed by atoms with Gasteiger partial charge in [-0.25, -0.2) is 0 Å². The minimum Gasteiger partial charge on any atom is -0.497 e. The number of halogens is 1. The van der Waals surface area contributed by atoms with Crippen molar-refractivity contribution in [3.63, 3.8) is 0 Å². The Balaban J connectivity index is 2.01. The molecule has 0 amide bonds. The lowest BCUT2D eigenvalue weighted by Gasteiger charge is -2.07. The van der Waals surface area contributed by atoms with Gasteiger partial charge in [-0.3, -0.25) is 4.98 Å². The van der Waals surface area contributed by atoms with E-state index >= 15 is 0 Å². The summed E-state index contributed by atoms with van der Waals surface area (Å²) in [6.45, 7) is 0.797. The van der Waals surface area contributed by atoms with Crippen molar-refractivity contribution in [2.45, 2.75) is 6.54 Å². The Morgan fingerprint density at radius 1 is 1.32 bits per heavy atom. The number of pyridine rings is 1. The molecule has 0 aliphatic carbocycles. The quantitative estimate of drug-likeness (QED) is 0.733. The van der Waals surface area contributed by atoms with Gasteiger partial charge in [0, 0.05) is 28.8 Å². The Hall–Kier alpha value is -1.81. The van der Waals surface area contributed by atoms with Crippen molar-refractivity contribution in [3.8, 4) is 5.75 Å². The Kier molecular flexibility index (Phi) is 3.25. The average molecular weight is 317 g/mol. The van der Waals surface area contributed by atoms with E-state index in [1.165, 1.54) is 10.9 Å². The molecule has 0 saturated carbocycles. The van der Waals surface area contributed by atoms with Crippen molar-refractivity contribution in [2.75, 3.05) is 7.11 Å². The molecule has 2 aromatic heterocycles. The van der Waals surface area contributed by atoms with Gasteiger partial charge in [-0.05, 0) is 39.7 Å². The normalized spacial score (nSPS) is 10.8. The zero-order chi connectivity index (χ0) is 13.2.